The third-order valence-electron chi connectivity index (χ3n) is 2.25. The molecule has 1 aliphatic heterocycles. The Morgan fingerprint density at radius 1 is 1.57 bits per heavy atom. The summed E-state index contributed by atoms with van der Waals surface area (Å²) in [5, 5.41) is 13.1. The van der Waals surface area contributed by atoms with Crippen LogP contribution >= 0.6 is 0 Å². The normalized spacial score (nSPS) is 28.1. The minimum Gasteiger partial charge on any atom is -0.481 e. The van der Waals surface area contributed by atoms with Crippen LogP contribution in [0.2, 0.25) is 0 Å². The predicted octanol–water partition coefficient (Wildman–Crippen LogP) is -0.305. The van der Waals surface area contributed by atoms with Gasteiger partial charge in [-0.2, -0.15) is 0 Å². The molecule has 2 unspecified atom stereocenters. The van der Waals surface area contributed by atoms with Crippen LogP contribution in [0.4, 0.5) is 4.79 Å². The lowest BCUT2D eigenvalue weighted by Crippen LogP contribution is -2.45. The van der Waals surface area contributed by atoms with Gasteiger partial charge in [0.2, 0.25) is 0 Å². The molecule has 78 valence electrons. The van der Waals surface area contributed by atoms with Crippen molar-refractivity contribution >= 4 is 17.9 Å². The van der Waals surface area contributed by atoms with Crippen molar-refractivity contribution < 1.29 is 19.5 Å². The Hall–Kier alpha value is -1.59. The van der Waals surface area contributed by atoms with E-state index in [-0.39, 0.29) is 6.42 Å². The molecule has 1 rings (SSSR count). The standard InChI is InChI=1S/C8H12N2O4/c1-4(5(11)12)3-8(2)6(13)9-7(14)10-8/h4H,3H2,1-2H3,(H,11,12)(H2,9,10,13,14). The molecule has 0 aromatic rings. The first-order chi connectivity index (χ1) is 6.35. The lowest BCUT2D eigenvalue weighted by molar-refractivity contribution is -0.142. The molecule has 1 fully saturated rings. The van der Waals surface area contributed by atoms with Crippen LogP contribution in [-0.4, -0.2) is 28.6 Å². The minimum atomic E-state index is -1.10. The number of urea groups is 1. The van der Waals surface area contributed by atoms with E-state index in [4.69, 9.17) is 5.11 Å². The van der Waals surface area contributed by atoms with Crippen molar-refractivity contribution in [2.45, 2.75) is 25.8 Å². The largest absolute Gasteiger partial charge is 0.481 e. The Labute approximate surface area is 80.7 Å². The van der Waals surface area contributed by atoms with E-state index in [0.717, 1.165) is 0 Å². The summed E-state index contributed by atoms with van der Waals surface area (Å²) in [5.74, 6) is -2.14. The number of hydrogen-bond acceptors (Lipinski definition) is 3. The van der Waals surface area contributed by atoms with E-state index in [1.165, 1.54) is 13.8 Å². The second-order valence-corrected chi connectivity index (χ2v) is 3.68. The van der Waals surface area contributed by atoms with Crippen LogP contribution in [0.25, 0.3) is 0 Å². The van der Waals surface area contributed by atoms with E-state index in [9.17, 15) is 14.4 Å². The summed E-state index contributed by atoms with van der Waals surface area (Å²) in [6.45, 7) is 3.00. The molecule has 0 radical (unpaired) electrons. The van der Waals surface area contributed by atoms with E-state index in [1.807, 2.05) is 0 Å². The van der Waals surface area contributed by atoms with Crippen LogP contribution in [0.3, 0.4) is 0 Å². The van der Waals surface area contributed by atoms with E-state index in [0.29, 0.717) is 0 Å². The summed E-state index contributed by atoms with van der Waals surface area (Å²) in [5.41, 5.74) is -1.10. The predicted molar refractivity (Wildman–Crippen MR) is 46.5 cm³/mol. The number of carbonyl (C=O) groups is 3. The maximum atomic E-state index is 11.3. The summed E-state index contributed by atoms with van der Waals surface area (Å²) in [6, 6.07) is -0.574. The molecule has 2 atom stereocenters. The Bertz CT molecular complexity index is 302. The maximum Gasteiger partial charge on any atom is 0.322 e. The number of carbonyl (C=O) groups excluding carboxylic acids is 2. The molecule has 1 heterocycles. The molecule has 0 bridgehead atoms. The number of rotatable bonds is 3. The zero-order valence-corrected chi connectivity index (χ0v) is 7.96. The van der Waals surface area contributed by atoms with E-state index < -0.39 is 29.4 Å². The van der Waals surface area contributed by atoms with Gasteiger partial charge in [-0.25, -0.2) is 4.79 Å². The lowest BCUT2D eigenvalue weighted by atomic mass is 9.90. The summed E-state index contributed by atoms with van der Waals surface area (Å²) < 4.78 is 0. The smallest absolute Gasteiger partial charge is 0.322 e. The zero-order chi connectivity index (χ0) is 10.9. The van der Waals surface area contributed by atoms with Crippen molar-refractivity contribution in [1.82, 2.24) is 10.6 Å². The second-order valence-electron chi connectivity index (χ2n) is 3.68. The van der Waals surface area contributed by atoms with Gasteiger partial charge >= 0.3 is 12.0 Å². The molecule has 0 aliphatic carbocycles. The number of hydrogen-bond donors (Lipinski definition) is 3. The molecule has 0 aromatic carbocycles. The monoisotopic (exact) mass is 200 g/mol. The van der Waals surface area contributed by atoms with Gasteiger partial charge in [0.15, 0.2) is 0 Å². The van der Waals surface area contributed by atoms with Crippen LogP contribution in [-0.2, 0) is 9.59 Å². The maximum absolute atomic E-state index is 11.3. The molecule has 1 aliphatic rings. The van der Waals surface area contributed by atoms with Crippen molar-refractivity contribution in [3.8, 4) is 0 Å². The van der Waals surface area contributed by atoms with Gasteiger partial charge in [-0.3, -0.25) is 14.9 Å². The topological polar surface area (TPSA) is 95.5 Å². The van der Waals surface area contributed by atoms with Gasteiger partial charge in [-0.15, -0.1) is 0 Å². The first-order valence-corrected chi connectivity index (χ1v) is 4.21. The zero-order valence-electron chi connectivity index (χ0n) is 7.96. The van der Waals surface area contributed by atoms with E-state index in [1.54, 1.807) is 0 Å². The molecule has 0 aromatic heterocycles. The Morgan fingerprint density at radius 3 is 2.50 bits per heavy atom. The van der Waals surface area contributed by atoms with Crippen molar-refractivity contribution in [3.05, 3.63) is 0 Å². The summed E-state index contributed by atoms with van der Waals surface area (Å²) in [7, 11) is 0. The number of amides is 3. The minimum absolute atomic E-state index is 0.0832. The van der Waals surface area contributed by atoms with Gasteiger partial charge in [0.1, 0.15) is 5.54 Å². The summed E-state index contributed by atoms with van der Waals surface area (Å²) >= 11 is 0. The van der Waals surface area contributed by atoms with E-state index in [2.05, 4.69) is 10.6 Å². The molecule has 6 heteroatoms. The molecular weight excluding hydrogens is 188 g/mol. The highest BCUT2D eigenvalue weighted by Crippen LogP contribution is 2.20. The fourth-order valence-electron chi connectivity index (χ4n) is 1.42. The highest BCUT2D eigenvalue weighted by atomic mass is 16.4. The lowest BCUT2D eigenvalue weighted by Gasteiger charge is -2.22. The van der Waals surface area contributed by atoms with Crippen molar-refractivity contribution in [1.29, 1.82) is 0 Å². The fraction of sp³-hybridized carbons (Fsp3) is 0.625. The Morgan fingerprint density at radius 2 is 2.14 bits per heavy atom. The van der Waals surface area contributed by atoms with Gasteiger partial charge in [0, 0.05) is 0 Å². The van der Waals surface area contributed by atoms with Gasteiger partial charge < -0.3 is 10.4 Å². The molecule has 3 amide bonds. The second kappa shape index (κ2) is 3.28. The van der Waals surface area contributed by atoms with Gasteiger partial charge in [0.25, 0.3) is 5.91 Å². The van der Waals surface area contributed by atoms with E-state index >= 15 is 0 Å². The number of carboxylic acid groups (broad SMARTS) is 1. The third-order valence-corrected chi connectivity index (χ3v) is 2.25. The molecule has 1 saturated heterocycles. The Kier molecular flexibility index (Phi) is 2.46. The number of carboxylic acids is 1. The van der Waals surface area contributed by atoms with Crippen LogP contribution < -0.4 is 10.6 Å². The average Bonchev–Trinajstić information content (AvgIpc) is 2.25. The number of nitrogens with one attached hydrogen (secondary N) is 2. The van der Waals surface area contributed by atoms with Gasteiger partial charge in [0.05, 0.1) is 5.92 Å². The van der Waals surface area contributed by atoms with Crippen molar-refractivity contribution in [2.24, 2.45) is 5.92 Å². The fourth-order valence-corrected chi connectivity index (χ4v) is 1.42. The number of aliphatic carboxylic acids is 1. The first kappa shape index (κ1) is 10.5. The number of imide groups is 1. The van der Waals surface area contributed by atoms with Gasteiger partial charge in [-0.1, -0.05) is 6.92 Å². The highest BCUT2D eigenvalue weighted by molar-refractivity contribution is 6.06. The van der Waals surface area contributed by atoms with Crippen molar-refractivity contribution in [3.63, 3.8) is 0 Å². The molecular formula is C8H12N2O4. The molecule has 0 spiro atoms. The molecule has 14 heavy (non-hydrogen) atoms. The highest BCUT2D eigenvalue weighted by Gasteiger charge is 2.43. The summed E-state index contributed by atoms with van der Waals surface area (Å²) in [4.78, 5) is 32.7. The summed E-state index contributed by atoms with van der Waals surface area (Å²) in [6.07, 6.45) is 0.0832. The van der Waals surface area contributed by atoms with Crippen LogP contribution in [0, 0.1) is 5.92 Å². The molecule has 3 N–H and O–H groups in total. The first-order valence-electron chi connectivity index (χ1n) is 4.21. The molecule has 0 saturated carbocycles. The quantitative estimate of drug-likeness (QED) is 0.545. The average molecular weight is 200 g/mol. The molecule has 6 nitrogen and oxygen atoms in total. The van der Waals surface area contributed by atoms with Crippen LogP contribution in [0.15, 0.2) is 0 Å². The van der Waals surface area contributed by atoms with Crippen LogP contribution in [0.1, 0.15) is 20.3 Å². The van der Waals surface area contributed by atoms with Crippen LogP contribution in [0.5, 0.6) is 0 Å². The third kappa shape index (κ3) is 1.84. The van der Waals surface area contributed by atoms with Gasteiger partial charge in [-0.05, 0) is 13.3 Å². The Balaban J connectivity index is 2.72. The SMILES string of the molecule is CC(CC1(C)NC(=O)NC1=O)C(=O)O. The van der Waals surface area contributed by atoms with Crippen molar-refractivity contribution in [2.75, 3.05) is 0 Å².